The molecule has 0 bridgehead atoms. The van der Waals surface area contributed by atoms with Crippen LogP contribution in [0.1, 0.15) is 24.0 Å². The predicted octanol–water partition coefficient (Wildman–Crippen LogP) is 3.69. The van der Waals surface area contributed by atoms with Crippen molar-refractivity contribution in [2.45, 2.75) is 26.3 Å². The molecule has 1 aliphatic rings. The van der Waals surface area contributed by atoms with Crippen molar-refractivity contribution in [1.82, 2.24) is 25.1 Å². The second kappa shape index (κ2) is 8.47. The maximum Gasteiger partial charge on any atom is 0.223 e. The van der Waals surface area contributed by atoms with Crippen molar-refractivity contribution in [2.75, 3.05) is 18.0 Å². The minimum atomic E-state index is 0.0432. The van der Waals surface area contributed by atoms with Crippen molar-refractivity contribution in [3.8, 4) is 11.4 Å². The van der Waals surface area contributed by atoms with Crippen molar-refractivity contribution < 1.29 is 4.79 Å². The molecule has 0 atom stereocenters. The molecule has 1 amide bonds. The fraction of sp³-hybridized carbons (Fsp3) is 0.304. The molecule has 4 heterocycles. The first-order valence-corrected chi connectivity index (χ1v) is 11.4. The first-order chi connectivity index (χ1) is 15.2. The topological polar surface area (TPSA) is 75.4 Å². The number of aryl methyl sites for hydroxylation is 1. The number of anilines is 1. The molecule has 158 valence electrons. The quantitative estimate of drug-likeness (QED) is 0.521. The highest BCUT2D eigenvalue weighted by Gasteiger charge is 2.26. The monoisotopic (exact) mass is 432 g/mol. The van der Waals surface area contributed by atoms with E-state index >= 15 is 0 Å². The number of carbonyl (C=O) groups excluding carboxylic acids is 1. The van der Waals surface area contributed by atoms with Crippen molar-refractivity contribution in [2.24, 2.45) is 5.92 Å². The fourth-order valence-corrected chi connectivity index (χ4v) is 4.56. The van der Waals surface area contributed by atoms with Crippen molar-refractivity contribution in [1.29, 1.82) is 0 Å². The fourth-order valence-electron chi connectivity index (χ4n) is 3.93. The minimum absolute atomic E-state index is 0.0432. The maximum atomic E-state index is 12.6. The summed E-state index contributed by atoms with van der Waals surface area (Å²) in [4.78, 5) is 14.9. The third-order valence-electron chi connectivity index (χ3n) is 5.81. The molecule has 1 aliphatic heterocycles. The van der Waals surface area contributed by atoms with E-state index in [1.165, 1.54) is 5.56 Å². The maximum absolute atomic E-state index is 12.6. The molecule has 8 heteroatoms. The van der Waals surface area contributed by atoms with Gasteiger partial charge in [0.05, 0.1) is 0 Å². The molecule has 0 saturated carbocycles. The van der Waals surface area contributed by atoms with Crippen LogP contribution >= 0.6 is 11.3 Å². The highest BCUT2D eigenvalue weighted by atomic mass is 32.1. The summed E-state index contributed by atoms with van der Waals surface area (Å²) in [6.45, 7) is 4.25. The van der Waals surface area contributed by atoms with Crippen LogP contribution < -0.4 is 10.2 Å². The molecule has 0 spiro atoms. The Labute approximate surface area is 184 Å². The Morgan fingerprint density at radius 1 is 1.10 bits per heavy atom. The molecule has 5 rings (SSSR count). The zero-order valence-corrected chi connectivity index (χ0v) is 18.2. The van der Waals surface area contributed by atoms with E-state index in [0.29, 0.717) is 6.54 Å². The third kappa shape index (κ3) is 4.16. The number of thiophene rings is 1. The van der Waals surface area contributed by atoms with Gasteiger partial charge in [-0.1, -0.05) is 29.8 Å². The average molecular weight is 433 g/mol. The Morgan fingerprint density at radius 2 is 1.90 bits per heavy atom. The van der Waals surface area contributed by atoms with E-state index in [0.717, 1.165) is 54.3 Å². The molecule has 7 nitrogen and oxygen atoms in total. The smallest absolute Gasteiger partial charge is 0.223 e. The van der Waals surface area contributed by atoms with Crippen molar-refractivity contribution in [3.63, 3.8) is 0 Å². The van der Waals surface area contributed by atoms with E-state index < -0.39 is 0 Å². The molecule has 0 unspecified atom stereocenters. The van der Waals surface area contributed by atoms with Gasteiger partial charge in [0.25, 0.3) is 0 Å². The van der Waals surface area contributed by atoms with Crippen molar-refractivity contribution >= 4 is 28.7 Å². The van der Waals surface area contributed by atoms with Crippen LogP contribution in [0.25, 0.3) is 17.0 Å². The number of amides is 1. The van der Waals surface area contributed by atoms with E-state index in [-0.39, 0.29) is 11.8 Å². The lowest BCUT2D eigenvalue weighted by atomic mass is 9.96. The molecule has 0 aliphatic carbocycles. The van der Waals surface area contributed by atoms with Gasteiger partial charge in [-0.3, -0.25) is 4.79 Å². The van der Waals surface area contributed by atoms with Crippen LogP contribution in [-0.4, -0.2) is 38.8 Å². The summed E-state index contributed by atoms with van der Waals surface area (Å²) in [6.07, 6.45) is 1.64. The van der Waals surface area contributed by atoms with Gasteiger partial charge >= 0.3 is 0 Å². The number of carbonyl (C=O) groups is 1. The van der Waals surface area contributed by atoms with E-state index in [1.807, 2.05) is 29.0 Å². The Hall–Kier alpha value is -3.26. The zero-order valence-electron chi connectivity index (χ0n) is 17.4. The molecule has 0 radical (unpaired) electrons. The Morgan fingerprint density at radius 3 is 2.65 bits per heavy atom. The number of piperidine rings is 1. The number of hydrogen-bond donors (Lipinski definition) is 1. The molecule has 1 N–H and O–H groups in total. The lowest BCUT2D eigenvalue weighted by Gasteiger charge is -2.32. The first kappa shape index (κ1) is 19.7. The number of hydrogen-bond acceptors (Lipinski definition) is 6. The molecular weight excluding hydrogens is 408 g/mol. The summed E-state index contributed by atoms with van der Waals surface area (Å²) in [7, 11) is 0. The second-order valence-corrected chi connectivity index (χ2v) is 8.74. The molecule has 1 fully saturated rings. The van der Waals surface area contributed by atoms with Gasteiger partial charge in [-0.05, 0) is 48.9 Å². The average Bonchev–Trinajstić information content (AvgIpc) is 3.48. The van der Waals surface area contributed by atoms with Crippen LogP contribution in [0.15, 0.2) is 53.2 Å². The van der Waals surface area contributed by atoms with Crippen LogP contribution in [0.4, 0.5) is 5.82 Å². The van der Waals surface area contributed by atoms with Gasteiger partial charge in [-0.2, -0.15) is 15.9 Å². The highest BCUT2D eigenvalue weighted by molar-refractivity contribution is 7.08. The zero-order chi connectivity index (χ0) is 21.2. The molecule has 31 heavy (non-hydrogen) atoms. The minimum Gasteiger partial charge on any atom is -0.355 e. The number of aromatic nitrogens is 4. The summed E-state index contributed by atoms with van der Waals surface area (Å²) < 4.78 is 1.80. The van der Waals surface area contributed by atoms with Gasteiger partial charge in [-0.15, -0.1) is 15.3 Å². The number of nitrogens with zero attached hydrogens (tertiary/aromatic N) is 5. The molecule has 1 aromatic carbocycles. The van der Waals surface area contributed by atoms with E-state index in [9.17, 15) is 4.79 Å². The van der Waals surface area contributed by atoms with Crippen molar-refractivity contribution in [3.05, 3.63) is 64.4 Å². The number of fused-ring (bicyclic) bond motifs is 1. The molecular formula is C23H24N6OS. The Kier molecular flexibility index (Phi) is 5.38. The lowest BCUT2D eigenvalue weighted by molar-refractivity contribution is -0.125. The van der Waals surface area contributed by atoms with Gasteiger partial charge in [0.15, 0.2) is 11.5 Å². The summed E-state index contributed by atoms with van der Waals surface area (Å²) in [6, 6.07) is 14.2. The van der Waals surface area contributed by atoms with Gasteiger partial charge < -0.3 is 10.2 Å². The summed E-state index contributed by atoms with van der Waals surface area (Å²) in [5.41, 5.74) is 4.11. The van der Waals surface area contributed by atoms with Gasteiger partial charge in [0.2, 0.25) is 5.91 Å². The molecule has 3 aromatic heterocycles. The summed E-state index contributed by atoms with van der Waals surface area (Å²) in [5, 5.41) is 20.5. The first-order valence-electron chi connectivity index (χ1n) is 10.5. The largest absolute Gasteiger partial charge is 0.355 e. The third-order valence-corrected chi connectivity index (χ3v) is 6.49. The highest BCUT2D eigenvalue weighted by Crippen LogP contribution is 2.25. The normalized spacial score (nSPS) is 14.8. The van der Waals surface area contributed by atoms with Gasteiger partial charge in [0, 0.05) is 36.5 Å². The van der Waals surface area contributed by atoms with E-state index in [4.69, 9.17) is 5.10 Å². The number of benzene rings is 1. The van der Waals surface area contributed by atoms with E-state index in [1.54, 1.807) is 15.9 Å². The van der Waals surface area contributed by atoms with Crippen LogP contribution in [0, 0.1) is 12.8 Å². The summed E-state index contributed by atoms with van der Waals surface area (Å²) >= 11 is 1.63. The lowest BCUT2D eigenvalue weighted by Crippen LogP contribution is -2.40. The van der Waals surface area contributed by atoms with Crippen LogP contribution in [0.3, 0.4) is 0 Å². The van der Waals surface area contributed by atoms with Gasteiger partial charge in [-0.25, -0.2) is 0 Å². The summed E-state index contributed by atoms with van der Waals surface area (Å²) in [5.74, 6) is 1.83. The van der Waals surface area contributed by atoms with Gasteiger partial charge in [0.1, 0.15) is 5.82 Å². The molecule has 1 saturated heterocycles. The number of rotatable bonds is 5. The molecule has 4 aromatic rings. The van der Waals surface area contributed by atoms with Crippen LogP contribution in [-0.2, 0) is 11.3 Å². The van der Waals surface area contributed by atoms with E-state index in [2.05, 4.69) is 51.6 Å². The Bertz CT molecular complexity index is 1180. The SMILES string of the molecule is Cc1ccc(CNC(=O)C2CCN(c3ccc4nnc(-c5ccsc5)n4n3)CC2)cc1. The van der Waals surface area contributed by atoms with Crippen LogP contribution in [0.5, 0.6) is 0 Å². The number of nitrogens with one attached hydrogen (secondary N) is 1. The van der Waals surface area contributed by atoms with Crippen LogP contribution in [0.2, 0.25) is 0 Å². The second-order valence-electron chi connectivity index (χ2n) is 7.96. The standard InChI is InChI=1S/C23H24N6OS/c1-16-2-4-17(5-3-16)14-24-23(30)18-8-11-28(12-9-18)21-7-6-20-25-26-22(29(20)27-21)19-10-13-31-15-19/h2-7,10,13,15,18H,8-9,11-12,14H2,1H3,(H,24,30). The predicted molar refractivity (Wildman–Crippen MR) is 122 cm³/mol. The Balaban J connectivity index is 1.22.